The molecule has 2 heterocycles. The maximum absolute atomic E-state index is 13.1. The van der Waals surface area contributed by atoms with Crippen molar-refractivity contribution in [2.45, 2.75) is 0 Å². The molecule has 0 aliphatic carbocycles. The molecule has 0 saturated heterocycles. The highest BCUT2D eigenvalue weighted by molar-refractivity contribution is 9.10. The van der Waals surface area contributed by atoms with Crippen LogP contribution in [0.15, 0.2) is 39.5 Å². The van der Waals surface area contributed by atoms with Gasteiger partial charge >= 0.3 is 0 Å². The molecule has 0 unspecified atom stereocenters. The molecule has 6 heteroatoms. The summed E-state index contributed by atoms with van der Waals surface area (Å²) in [5.74, 6) is -0.147. The van der Waals surface area contributed by atoms with Gasteiger partial charge < -0.3 is 10.2 Å². The van der Waals surface area contributed by atoms with Crippen molar-refractivity contribution in [1.82, 2.24) is 9.97 Å². The Morgan fingerprint density at radius 1 is 1.22 bits per heavy atom. The molecule has 0 fully saturated rings. The minimum absolute atomic E-state index is 0.293. The van der Waals surface area contributed by atoms with Gasteiger partial charge in [0.05, 0.1) is 17.4 Å². The molecule has 0 atom stereocenters. The fourth-order valence-corrected chi connectivity index (χ4v) is 2.14. The molecule has 3 rings (SSSR count). The molecule has 0 amide bonds. The summed E-state index contributed by atoms with van der Waals surface area (Å²) >= 11 is 3.33. The molecule has 90 valence electrons. The number of hydrogen-bond donors (Lipinski definition) is 1. The summed E-state index contributed by atoms with van der Waals surface area (Å²) in [6.07, 6.45) is 2.61. The monoisotopic (exact) mass is 307 g/mol. The van der Waals surface area contributed by atoms with Gasteiger partial charge in [-0.2, -0.15) is 0 Å². The van der Waals surface area contributed by atoms with Gasteiger partial charge in [-0.05, 0) is 18.2 Å². The predicted octanol–water partition coefficient (Wildman–Crippen LogP) is 3.37. The number of anilines is 1. The van der Waals surface area contributed by atoms with Gasteiger partial charge in [-0.15, -0.1) is 0 Å². The van der Waals surface area contributed by atoms with E-state index in [2.05, 4.69) is 25.9 Å². The van der Waals surface area contributed by atoms with E-state index in [1.165, 1.54) is 12.3 Å². The normalized spacial score (nSPS) is 11.0. The van der Waals surface area contributed by atoms with Crippen LogP contribution in [0.5, 0.6) is 0 Å². The highest BCUT2D eigenvalue weighted by atomic mass is 79.9. The van der Waals surface area contributed by atoms with Crippen LogP contribution in [-0.2, 0) is 0 Å². The lowest BCUT2D eigenvalue weighted by Crippen LogP contribution is -1.84. The first-order valence-electron chi connectivity index (χ1n) is 5.10. The van der Waals surface area contributed by atoms with Crippen molar-refractivity contribution in [3.05, 3.63) is 40.9 Å². The van der Waals surface area contributed by atoms with E-state index in [-0.39, 0.29) is 0 Å². The number of oxazole rings is 1. The topological polar surface area (TPSA) is 64.9 Å². The quantitative estimate of drug-likeness (QED) is 0.700. The molecule has 2 N–H and O–H groups in total. The van der Waals surface area contributed by atoms with Gasteiger partial charge in [-0.3, -0.25) is 4.98 Å². The van der Waals surface area contributed by atoms with Crippen LogP contribution in [0.4, 0.5) is 10.1 Å². The summed E-state index contributed by atoms with van der Waals surface area (Å²) in [4.78, 5) is 8.02. The summed E-state index contributed by atoms with van der Waals surface area (Å²) in [7, 11) is 0. The number of fused-ring (bicyclic) bond motifs is 1. The Balaban J connectivity index is 2.22. The number of nitrogen functional groups attached to an aromatic ring is 1. The Kier molecular flexibility index (Phi) is 2.52. The van der Waals surface area contributed by atoms with Gasteiger partial charge in [0.25, 0.3) is 0 Å². The highest BCUT2D eigenvalue weighted by Gasteiger charge is 2.12. The number of pyridine rings is 1. The molecule has 2 aromatic heterocycles. The van der Waals surface area contributed by atoms with Gasteiger partial charge in [0.15, 0.2) is 5.58 Å². The molecule has 0 bridgehead atoms. The van der Waals surface area contributed by atoms with Gasteiger partial charge in [0.1, 0.15) is 11.3 Å². The van der Waals surface area contributed by atoms with E-state index in [9.17, 15) is 4.39 Å². The molecule has 1 aromatic carbocycles. The van der Waals surface area contributed by atoms with E-state index in [4.69, 9.17) is 10.2 Å². The van der Waals surface area contributed by atoms with Crippen molar-refractivity contribution in [3.63, 3.8) is 0 Å². The van der Waals surface area contributed by atoms with E-state index in [0.717, 1.165) is 10.7 Å². The molecule has 3 aromatic rings. The molecule has 0 saturated carbocycles. The number of aromatic nitrogens is 2. The number of nitrogens with two attached hydrogens (primary N) is 1. The Hall–Kier alpha value is -1.95. The standard InChI is InChI=1S/C12H7BrFN3O/c13-7-2-9(15)11-10(3-7)17-12(18-11)6-1-8(14)5-16-4-6/h1-5H,15H2. The van der Waals surface area contributed by atoms with Crippen molar-refractivity contribution in [2.24, 2.45) is 0 Å². The van der Waals surface area contributed by atoms with E-state index < -0.39 is 5.82 Å². The van der Waals surface area contributed by atoms with Crippen LogP contribution in [0.3, 0.4) is 0 Å². The first-order chi connectivity index (χ1) is 8.63. The molecule has 0 aliphatic heterocycles. The predicted molar refractivity (Wildman–Crippen MR) is 69.3 cm³/mol. The fourth-order valence-electron chi connectivity index (χ4n) is 1.68. The largest absolute Gasteiger partial charge is 0.434 e. The molecule has 0 aliphatic rings. The second-order valence-corrected chi connectivity index (χ2v) is 4.67. The van der Waals surface area contributed by atoms with Crippen LogP contribution in [0.2, 0.25) is 0 Å². The second kappa shape index (κ2) is 4.06. The molecular weight excluding hydrogens is 301 g/mol. The lowest BCUT2D eigenvalue weighted by molar-refractivity contribution is 0.608. The Labute approximate surface area is 110 Å². The molecular formula is C12H7BrFN3O. The van der Waals surface area contributed by atoms with Crippen molar-refractivity contribution in [3.8, 4) is 11.5 Å². The minimum atomic E-state index is -0.441. The van der Waals surface area contributed by atoms with Gasteiger partial charge in [-0.25, -0.2) is 9.37 Å². The van der Waals surface area contributed by atoms with Gasteiger partial charge in [-0.1, -0.05) is 15.9 Å². The van der Waals surface area contributed by atoms with E-state index >= 15 is 0 Å². The van der Waals surface area contributed by atoms with Crippen LogP contribution in [0.1, 0.15) is 0 Å². The van der Waals surface area contributed by atoms with Crippen molar-refractivity contribution >= 4 is 32.7 Å². The average molecular weight is 308 g/mol. The second-order valence-electron chi connectivity index (χ2n) is 3.75. The SMILES string of the molecule is Nc1cc(Br)cc2nc(-c3cncc(F)c3)oc12. The summed E-state index contributed by atoms with van der Waals surface area (Å²) < 4.78 is 19.4. The van der Waals surface area contributed by atoms with Crippen LogP contribution < -0.4 is 5.73 Å². The van der Waals surface area contributed by atoms with Crippen LogP contribution in [0.25, 0.3) is 22.6 Å². The first-order valence-corrected chi connectivity index (χ1v) is 5.89. The van der Waals surface area contributed by atoms with Crippen molar-refractivity contribution in [1.29, 1.82) is 0 Å². The zero-order valence-corrected chi connectivity index (χ0v) is 10.6. The third-order valence-corrected chi connectivity index (χ3v) is 2.89. The third kappa shape index (κ3) is 1.84. The molecule has 4 nitrogen and oxygen atoms in total. The summed E-state index contributed by atoms with van der Waals surface area (Å²) in [5, 5.41) is 0. The lowest BCUT2D eigenvalue weighted by Gasteiger charge is -1.94. The number of rotatable bonds is 1. The maximum atomic E-state index is 13.1. The molecule has 0 spiro atoms. The number of halogens is 2. The van der Waals surface area contributed by atoms with E-state index in [1.807, 2.05) is 0 Å². The lowest BCUT2D eigenvalue weighted by atomic mass is 10.3. The zero-order chi connectivity index (χ0) is 12.7. The molecule has 0 radical (unpaired) electrons. The average Bonchev–Trinajstić information content (AvgIpc) is 2.73. The summed E-state index contributed by atoms with van der Waals surface area (Å²) in [6, 6.07) is 4.81. The zero-order valence-electron chi connectivity index (χ0n) is 9.02. The van der Waals surface area contributed by atoms with Crippen molar-refractivity contribution < 1.29 is 8.81 Å². The first kappa shape index (κ1) is 11.2. The van der Waals surface area contributed by atoms with Crippen LogP contribution in [-0.4, -0.2) is 9.97 Å². The fraction of sp³-hybridized carbons (Fsp3) is 0. The maximum Gasteiger partial charge on any atom is 0.229 e. The third-order valence-electron chi connectivity index (χ3n) is 2.44. The number of benzene rings is 1. The summed E-state index contributed by atoms with van der Waals surface area (Å²) in [5.41, 5.74) is 7.87. The summed E-state index contributed by atoms with van der Waals surface area (Å²) in [6.45, 7) is 0. The minimum Gasteiger partial charge on any atom is -0.434 e. The van der Waals surface area contributed by atoms with Crippen LogP contribution in [0, 0.1) is 5.82 Å². The Morgan fingerprint density at radius 2 is 2.06 bits per heavy atom. The number of hydrogen-bond acceptors (Lipinski definition) is 4. The van der Waals surface area contributed by atoms with Gasteiger partial charge in [0.2, 0.25) is 5.89 Å². The van der Waals surface area contributed by atoms with Gasteiger partial charge in [0, 0.05) is 10.7 Å². The smallest absolute Gasteiger partial charge is 0.229 e. The van der Waals surface area contributed by atoms with E-state index in [0.29, 0.717) is 28.2 Å². The Morgan fingerprint density at radius 3 is 2.83 bits per heavy atom. The Bertz CT molecular complexity index is 741. The molecule has 18 heavy (non-hydrogen) atoms. The van der Waals surface area contributed by atoms with Crippen molar-refractivity contribution in [2.75, 3.05) is 5.73 Å². The van der Waals surface area contributed by atoms with Crippen LogP contribution >= 0.6 is 15.9 Å². The van der Waals surface area contributed by atoms with E-state index in [1.54, 1.807) is 12.1 Å². The highest BCUT2D eigenvalue weighted by Crippen LogP contribution is 2.30. The number of nitrogens with zero attached hydrogens (tertiary/aromatic N) is 2.